The maximum atomic E-state index is 12.6. The normalized spacial score (nSPS) is 21.1. The molecule has 1 aliphatic heterocycles. The van der Waals surface area contributed by atoms with E-state index in [4.69, 9.17) is 17.3 Å². The Labute approximate surface area is 123 Å². The molecule has 1 amide bonds. The van der Waals surface area contributed by atoms with Gasteiger partial charge in [0.2, 0.25) is 0 Å². The van der Waals surface area contributed by atoms with E-state index in [1.807, 2.05) is 36.4 Å². The number of rotatable bonds is 2. The van der Waals surface area contributed by atoms with E-state index < -0.39 is 5.54 Å². The van der Waals surface area contributed by atoms with Crippen molar-refractivity contribution in [2.24, 2.45) is 5.73 Å². The highest BCUT2D eigenvalue weighted by atomic mass is 35.5. The minimum Gasteiger partial charge on any atom is -0.314 e. The molecular weight excluding hydrogens is 272 g/mol. The number of carbonyl (C=O) groups is 1. The molecule has 2 aromatic rings. The van der Waals surface area contributed by atoms with Crippen LogP contribution >= 0.6 is 11.6 Å². The van der Waals surface area contributed by atoms with Gasteiger partial charge in [-0.05, 0) is 24.6 Å². The van der Waals surface area contributed by atoms with Crippen molar-refractivity contribution < 1.29 is 4.79 Å². The summed E-state index contributed by atoms with van der Waals surface area (Å²) < 4.78 is 0. The van der Waals surface area contributed by atoms with Crippen LogP contribution in [-0.2, 0) is 16.9 Å². The number of hydrogen-bond acceptors (Lipinski definition) is 2. The number of benzene rings is 2. The smallest absolute Gasteiger partial charge is 0.251 e. The highest BCUT2D eigenvalue weighted by Crippen LogP contribution is 2.40. The molecule has 0 fully saturated rings. The summed E-state index contributed by atoms with van der Waals surface area (Å²) in [5.41, 5.74) is 7.89. The first-order valence-corrected chi connectivity index (χ1v) is 6.83. The molecule has 0 aromatic heterocycles. The van der Waals surface area contributed by atoms with Gasteiger partial charge >= 0.3 is 0 Å². The molecule has 0 unspecified atom stereocenters. The van der Waals surface area contributed by atoms with Crippen LogP contribution in [0.15, 0.2) is 48.5 Å². The molecule has 1 atom stereocenters. The van der Waals surface area contributed by atoms with Crippen LogP contribution < -0.4 is 10.6 Å². The summed E-state index contributed by atoms with van der Waals surface area (Å²) >= 11 is 6.05. The second-order valence-corrected chi connectivity index (χ2v) is 5.68. The first kappa shape index (κ1) is 13.2. The summed E-state index contributed by atoms with van der Waals surface area (Å²) in [4.78, 5) is 14.3. The lowest BCUT2D eigenvalue weighted by Crippen LogP contribution is -2.44. The van der Waals surface area contributed by atoms with Crippen molar-refractivity contribution in [2.45, 2.75) is 19.0 Å². The molecule has 102 valence electrons. The highest BCUT2D eigenvalue weighted by Gasteiger charge is 2.44. The number of carbonyl (C=O) groups excluding carboxylic acids is 1. The van der Waals surface area contributed by atoms with Gasteiger partial charge in [0.25, 0.3) is 5.91 Å². The van der Waals surface area contributed by atoms with Crippen molar-refractivity contribution in [2.75, 3.05) is 4.90 Å². The molecule has 0 saturated heterocycles. The van der Waals surface area contributed by atoms with Crippen LogP contribution in [0.5, 0.6) is 0 Å². The van der Waals surface area contributed by atoms with Crippen LogP contribution in [-0.4, -0.2) is 5.91 Å². The van der Waals surface area contributed by atoms with E-state index in [1.165, 1.54) is 0 Å². The van der Waals surface area contributed by atoms with Crippen molar-refractivity contribution in [1.29, 1.82) is 0 Å². The fraction of sp³-hybridized carbons (Fsp3) is 0.188. The fourth-order valence-electron chi connectivity index (χ4n) is 2.60. The molecular formula is C16H15ClN2O. The molecule has 0 aliphatic carbocycles. The molecule has 0 radical (unpaired) electrons. The van der Waals surface area contributed by atoms with Crippen LogP contribution in [0.3, 0.4) is 0 Å². The molecule has 3 nitrogen and oxygen atoms in total. The van der Waals surface area contributed by atoms with Crippen molar-refractivity contribution in [1.82, 2.24) is 0 Å². The average Bonchev–Trinajstić information content (AvgIpc) is 2.61. The van der Waals surface area contributed by atoms with E-state index in [-0.39, 0.29) is 5.91 Å². The van der Waals surface area contributed by atoms with Gasteiger partial charge in [-0.15, -0.1) is 0 Å². The van der Waals surface area contributed by atoms with Gasteiger partial charge in [-0.25, -0.2) is 0 Å². The zero-order chi connectivity index (χ0) is 14.3. The lowest BCUT2D eigenvalue weighted by atomic mass is 9.95. The number of amides is 1. The molecule has 2 N–H and O–H groups in total. The summed E-state index contributed by atoms with van der Waals surface area (Å²) in [5, 5.41) is 0.604. The van der Waals surface area contributed by atoms with Crippen molar-refractivity contribution >= 4 is 23.2 Å². The molecule has 1 aliphatic rings. The summed E-state index contributed by atoms with van der Waals surface area (Å²) in [5.74, 6) is -0.0985. The average molecular weight is 287 g/mol. The van der Waals surface area contributed by atoms with Gasteiger partial charge in [-0.1, -0.05) is 48.0 Å². The van der Waals surface area contributed by atoms with Gasteiger partial charge < -0.3 is 10.6 Å². The Morgan fingerprint density at radius 3 is 2.60 bits per heavy atom. The zero-order valence-corrected chi connectivity index (χ0v) is 11.9. The maximum Gasteiger partial charge on any atom is 0.251 e. The van der Waals surface area contributed by atoms with Crippen LogP contribution in [0.2, 0.25) is 5.02 Å². The molecule has 20 heavy (non-hydrogen) atoms. The van der Waals surface area contributed by atoms with Gasteiger partial charge in [0.15, 0.2) is 0 Å². The largest absolute Gasteiger partial charge is 0.314 e. The van der Waals surface area contributed by atoms with Gasteiger partial charge in [-0.2, -0.15) is 0 Å². The predicted molar refractivity (Wildman–Crippen MR) is 80.6 cm³/mol. The topological polar surface area (TPSA) is 46.3 Å². The van der Waals surface area contributed by atoms with Crippen molar-refractivity contribution in [3.05, 3.63) is 64.7 Å². The van der Waals surface area contributed by atoms with Crippen molar-refractivity contribution in [3.63, 3.8) is 0 Å². The number of fused-ring (bicyclic) bond motifs is 1. The number of anilines is 1. The molecule has 2 aromatic carbocycles. The quantitative estimate of drug-likeness (QED) is 0.922. The Kier molecular flexibility index (Phi) is 3.04. The van der Waals surface area contributed by atoms with Gasteiger partial charge in [0.1, 0.15) is 5.54 Å². The molecule has 0 saturated carbocycles. The van der Waals surface area contributed by atoms with Crippen LogP contribution in [0, 0.1) is 0 Å². The van der Waals surface area contributed by atoms with Gasteiger partial charge in [0.05, 0.1) is 12.2 Å². The number of hydrogen-bond donors (Lipinski definition) is 1. The third-order valence-electron chi connectivity index (χ3n) is 3.68. The first-order chi connectivity index (χ1) is 9.50. The molecule has 3 rings (SSSR count). The Balaban J connectivity index is 2.05. The standard InChI is InChI=1S/C16H15ClN2O/c1-16(18)13-8-7-12(17)9-14(13)19(15(16)20)10-11-5-3-2-4-6-11/h2-9H,10,18H2,1H3/t16-/m1/s1. The molecule has 0 spiro atoms. The van der Waals surface area contributed by atoms with Crippen molar-refractivity contribution in [3.8, 4) is 0 Å². The molecule has 1 heterocycles. The highest BCUT2D eigenvalue weighted by molar-refractivity contribution is 6.31. The van der Waals surface area contributed by atoms with E-state index in [0.717, 1.165) is 16.8 Å². The Morgan fingerprint density at radius 2 is 1.90 bits per heavy atom. The lowest BCUT2D eigenvalue weighted by Gasteiger charge is -2.20. The minimum absolute atomic E-state index is 0.0985. The lowest BCUT2D eigenvalue weighted by molar-refractivity contribution is -0.122. The predicted octanol–water partition coefficient (Wildman–Crippen LogP) is 3.06. The van der Waals surface area contributed by atoms with E-state index in [0.29, 0.717) is 11.6 Å². The Bertz CT molecular complexity index is 667. The Morgan fingerprint density at radius 1 is 1.20 bits per heavy atom. The van der Waals surface area contributed by atoms with Crippen LogP contribution in [0.1, 0.15) is 18.1 Å². The second-order valence-electron chi connectivity index (χ2n) is 5.24. The summed E-state index contributed by atoms with van der Waals surface area (Å²) in [7, 11) is 0. The zero-order valence-electron chi connectivity index (χ0n) is 11.1. The monoisotopic (exact) mass is 286 g/mol. The van der Waals surface area contributed by atoms with Gasteiger partial charge in [-0.3, -0.25) is 4.79 Å². The SMILES string of the molecule is C[C@]1(N)C(=O)N(Cc2ccccc2)c2cc(Cl)ccc21. The van der Waals surface area contributed by atoms with E-state index >= 15 is 0 Å². The van der Waals surface area contributed by atoms with E-state index in [1.54, 1.807) is 24.0 Å². The Hall–Kier alpha value is -1.84. The first-order valence-electron chi connectivity index (χ1n) is 6.45. The van der Waals surface area contributed by atoms with Crippen LogP contribution in [0.4, 0.5) is 5.69 Å². The third-order valence-corrected chi connectivity index (χ3v) is 3.92. The van der Waals surface area contributed by atoms with Crippen LogP contribution in [0.25, 0.3) is 0 Å². The second kappa shape index (κ2) is 4.62. The molecule has 4 heteroatoms. The minimum atomic E-state index is -0.991. The molecule has 0 bridgehead atoms. The van der Waals surface area contributed by atoms with E-state index in [9.17, 15) is 4.79 Å². The number of halogens is 1. The van der Waals surface area contributed by atoms with E-state index in [2.05, 4.69) is 0 Å². The number of nitrogens with two attached hydrogens (primary N) is 1. The third kappa shape index (κ3) is 1.99. The summed E-state index contributed by atoms with van der Waals surface area (Å²) in [6.45, 7) is 2.24. The van der Waals surface area contributed by atoms with Gasteiger partial charge in [0, 0.05) is 10.6 Å². The number of nitrogens with zero attached hydrogens (tertiary/aromatic N) is 1. The maximum absolute atomic E-state index is 12.6. The summed E-state index contributed by atoms with van der Waals surface area (Å²) in [6, 6.07) is 15.2. The summed E-state index contributed by atoms with van der Waals surface area (Å²) in [6.07, 6.45) is 0. The fourth-order valence-corrected chi connectivity index (χ4v) is 2.76.